The minimum absolute atomic E-state index is 0.0555. The van der Waals surface area contributed by atoms with Crippen LogP contribution in [0.2, 0.25) is 5.02 Å². The van der Waals surface area contributed by atoms with E-state index < -0.39 is 10.9 Å². The molecule has 2 fully saturated rings. The zero-order valence-electron chi connectivity index (χ0n) is 10.5. The molecule has 2 aliphatic heterocycles. The van der Waals surface area contributed by atoms with E-state index in [2.05, 4.69) is 0 Å². The van der Waals surface area contributed by atoms with Gasteiger partial charge in [-0.1, -0.05) is 11.6 Å². The number of nitro groups is 1. The van der Waals surface area contributed by atoms with Gasteiger partial charge in [0.2, 0.25) is 0 Å². The first-order chi connectivity index (χ1) is 9.49. The van der Waals surface area contributed by atoms with Gasteiger partial charge in [0, 0.05) is 24.2 Å². The van der Waals surface area contributed by atoms with Gasteiger partial charge in [0.05, 0.1) is 21.6 Å². The van der Waals surface area contributed by atoms with Gasteiger partial charge >= 0.3 is 5.97 Å². The Labute approximate surface area is 120 Å². The summed E-state index contributed by atoms with van der Waals surface area (Å²) in [5, 5.41) is 20.3. The van der Waals surface area contributed by atoms with Crippen LogP contribution in [-0.4, -0.2) is 28.1 Å². The fourth-order valence-corrected chi connectivity index (χ4v) is 3.72. The SMILES string of the molecule is O=C(O)C1CC2CCC1N2c1ccc([N+](=O)[O-])cc1Cl. The lowest BCUT2D eigenvalue weighted by atomic mass is 9.89. The van der Waals surface area contributed by atoms with Gasteiger partial charge in [0.25, 0.3) is 5.69 Å². The average Bonchev–Trinajstić information content (AvgIpc) is 2.96. The second-order valence-electron chi connectivity index (χ2n) is 5.28. The minimum atomic E-state index is -0.778. The molecule has 1 N–H and O–H groups in total. The summed E-state index contributed by atoms with van der Waals surface area (Å²) in [5.41, 5.74) is 0.647. The number of nitrogens with zero attached hydrogens (tertiary/aromatic N) is 2. The number of carboxylic acid groups (broad SMARTS) is 1. The number of non-ortho nitro benzene ring substituents is 1. The van der Waals surface area contributed by atoms with E-state index in [1.807, 2.05) is 4.90 Å². The van der Waals surface area contributed by atoms with Crippen molar-refractivity contribution in [2.75, 3.05) is 4.90 Å². The lowest BCUT2D eigenvalue weighted by Gasteiger charge is -2.26. The number of anilines is 1. The largest absolute Gasteiger partial charge is 0.481 e. The first-order valence-corrected chi connectivity index (χ1v) is 6.82. The number of halogens is 1. The molecule has 0 spiro atoms. The molecular weight excluding hydrogens is 284 g/mol. The second-order valence-corrected chi connectivity index (χ2v) is 5.69. The normalized spacial score (nSPS) is 27.9. The molecule has 1 aromatic rings. The smallest absolute Gasteiger partial charge is 0.308 e. The fraction of sp³-hybridized carbons (Fsp3) is 0.462. The molecule has 2 heterocycles. The van der Waals surface area contributed by atoms with Crippen LogP contribution in [-0.2, 0) is 4.79 Å². The van der Waals surface area contributed by atoms with E-state index in [0.717, 1.165) is 12.8 Å². The Hall–Kier alpha value is -1.82. The molecule has 2 saturated heterocycles. The molecule has 0 aromatic heterocycles. The van der Waals surface area contributed by atoms with Crippen molar-refractivity contribution in [1.82, 2.24) is 0 Å². The van der Waals surface area contributed by atoms with Crippen LogP contribution < -0.4 is 4.90 Å². The number of hydrogen-bond donors (Lipinski definition) is 1. The van der Waals surface area contributed by atoms with Crippen LogP contribution in [0.4, 0.5) is 11.4 Å². The van der Waals surface area contributed by atoms with Gasteiger partial charge in [-0.25, -0.2) is 0 Å². The summed E-state index contributed by atoms with van der Waals surface area (Å²) in [6, 6.07) is 4.46. The molecule has 3 atom stereocenters. The Morgan fingerprint density at radius 2 is 2.20 bits per heavy atom. The maximum atomic E-state index is 11.2. The van der Waals surface area contributed by atoms with Crippen molar-refractivity contribution < 1.29 is 14.8 Å². The van der Waals surface area contributed by atoms with Crippen molar-refractivity contribution in [3.63, 3.8) is 0 Å². The van der Waals surface area contributed by atoms with Gasteiger partial charge in [-0.15, -0.1) is 0 Å². The first-order valence-electron chi connectivity index (χ1n) is 6.44. The Morgan fingerprint density at radius 1 is 1.45 bits per heavy atom. The number of nitro benzene ring substituents is 1. The van der Waals surface area contributed by atoms with Gasteiger partial charge in [-0.05, 0) is 25.3 Å². The van der Waals surface area contributed by atoms with E-state index in [9.17, 15) is 20.0 Å². The Balaban J connectivity index is 1.94. The second kappa shape index (κ2) is 4.63. The third-order valence-electron chi connectivity index (χ3n) is 4.27. The highest BCUT2D eigenvalue weighted by atomic mass is 35.5. The van der Waals surface area contributed by atoms with Crippen LogP contribution in [0.3, 0.4) is 0 Å². The van der Waals surface area contributed by atoms with Gasteiger partial charge in [-0.3, -0.25) is 14.9 Å². The molecule has 0 saturated carbocycles. The summed E-state index contributed by atoms with van der Waals surface area (Å²) >= 11 is 6.15. The Bertz CT molecular complexity index is 592. The van der Waals surface area contributed by atoms with Crippen LogP contribution in [0.25, 0.3) is 0 Å². The molecule has 7 heteroatoms. The van der Waals surface area contributed by atoms with E-state index >= 15 is 0 Å². The number of aliphatic carboxylic acids is 1. The molecule has 3 rings (SSSR count). The molecule has 2 bridgehead atoms. The minimum Gasteiger partial charge on any atom is -0.481 e. The van der Waals surface area contributed by atoms with E-state index in [0.29, 0.717) is 17.1 Å². The van der Waals surface area contributed by atoms with Crippen LogP contribution in [0.1, 0.15) is 19.3 Å². The molecule has 0 amide bonds. The Kier molecular flexibility index (Phi) is 3.05. The highest BCUT2D eigenvalue weighted by Gasteiger charge is 2.49. The van der Waals surface area contributed by atoms with Crippen molar-refractivity contribution in [2.24, 2.45) is 5.92 Å². The standard InChI is InChI=1S/C13H13ClN2O4/c14-10-6-8(16(19)20)2-4-12(10)15-7-1-3-11(15)9(5-7)13(17)18/h2,4,6-7,9,11H,1,3,5H2,(H,17,18). The maximum Gasteiger partial charge on any atom is 0.308 e. The topological polar surface area (TPSA) is 83.7 Å². The zero-order valence-corrected chi connectivity index (χ0v) is 11.3. The highest BCUT2D eigenvalue weighted by Crippen LogP contribution is 2.46. The number of carbonyl (C=O) groups is 1. The van der Waals surface area contributed by atoms with Gasteiger partial charge < -0.3 is 10.0 Å². The van der Waals surface area contributed by atoms with Crippen molar-refractivity contribution in [3.8, 4) is 0 Å². The zero-order chi connectivity index (χ0) is 14.4. The van der Waals surface area contributed by atoms with Crippen LogP contribution in [0, 0.1) is 16.0 Å². The summed E-state index contributed by atoms with van der Waals surface area (Å²) in [6.45, 7) is 0. The number of carboxylic acids is 1. The average molecular weight is 297 g/mol. The fourth-order valence-electron chi connectivity index (χ4n) is 3.45. The summed E-state index contributed by atoms with van der Waals surface area (Å²) < 4.78 is 0. The lowest BCUT2D eigenvalue weighted by molar-refractivity contribution is -0.384. The van der Waals surface area contributed by atoms with Crippen molar-refractivity contribution >= 4 is 28.9 Å². The molecule has 0 aliphatic carbocycles. The molecule has 3 unspecified atom stereocenters. The molecule has 2 aliphatic rings. The predicted octanol–water partition coefficient (Wildman–Crippen LogP) is 2.69. The van der Waals surface area contributed by atoms with Crippen LogP contribution >= 0.6 is 11.6 Å². The van der Waals surface area contributed by atoms with E-state index in [1.54, 1.807) is 6.07 Å². The summed E-state index contributed by atoms with van der Waals surface area (Å²) in [5.74, 6) is -1.15. The molecule has 106 valence electrons. The van der Waals surface area contributed by atoms with E-state index in [-0.39, 0.29) is 23.7 Å². The van der Waals surface area contributed by atoms with Gasteiger partial charge in [0.1, 0.15) is 0 Å². The third kappa shape index (κ3) is 1.91. The molecular formula is C13H13ClN2O4. The highest BCUT2D eigenvalue weighted by molar-refractivity contribution is 6.33. The monoisotopic (exact) mass is 296 g/mol. The van der Waals surface area contributed by atoms with Crippen molar-refractivity contribution in [2.45, 2.75) is 31.3 Å². The van der Waals surface area contributed by atoms with Gasteiger partial charge in [-0.2, -0.15) is 0 Å². The first kappa shape index (κ1) is 13.2. The van der Waals surface area contributed by atoms with E-state index in [1.165, 1.54) is 12.1 Å². The van der Waals surface area contributed by atoms with Crippen molar-refractivity contribution in [1.29, 1.82) is 0 Å². The lowest BCUT2D eigenvalue weighted by Crippen LogP contribution is -2.33. The number of fused-ring (bicyclic) bond motifs is 2. The summed E-state index contributed by atoms with van der Waals surface area (Å²) in [6.07, 6.45) is 2.39. The van der Waals surface area contributed by atoms with Gasteiger partial charge in [0.15, 0.2) is 0 Å². The number of benzene rings is 1. The summed E-state index contributed by atoms with van der Waals surface area (Å²) in [7, 11) is 0. The Morgan fingerprint density at radius 3 is 2.75 bits per heavy atom. The molecule has 20 heavy (non-hydrogen) atoms. The third-order valence-corrected chi connectivity index (χ3v) is 4.58. The number of rotatable bonds is 3. The summed E-state index contributed by atoms with van der Waals surface area (Å²) in [4.78, 5) is 23.5. The number of hydrogen-bond acceptors (Lipinski definition) is 4. The molecule has 6 nitrogen and oxygen atoms in total. The van der Waals surface area contributed by atoms with Crippen LogP contribution in [0.5, 0.6) is 0 Å². The van der Waals surface area contributed by atoms with E-state index in [4.69, 9.17) is 11.6 Å². The molecule has 0 radical (unpaired) electrons. The molecule has 1 aromatic carbocycles. The van der Waals surface area contributed by atoms with Crippen molar-refractivity contribution in [3.05, 3.63) is 33.3 Å². The quantitative estimate of drug-likeness (QED) is 0.685. The van der Waals surface area contributed by atoms with Crippen LogP contribution in [0.15, 0.2) is 18.2 Å². The predicted molar refractivity (Wildman–Crippen MR) is 73.1 cm³/mol. The maximum absolute atomic E-state index is 11.2.